The summed E-state index contributed by atoms with van der Waals surface area (Å²) in [6.07, 6.45) is 6.07. The van der Waals surface area contributed by atoms with Gasteiger partial charge in [-0.25, -0.2) is 8.42 Å². The number of methoxy groups -OCH3 is 1. The molecule has 2 aliphatic rings. The van der Waals surface area contributed by atoms with Crippen molar-refractivity contribution in [2.24, 2.45) is 0 Å². The molecule has 1 saturated heterocycles. The van der Waals surface area contributed by atoms with Gasteiger partial charge in [0.25, 0.3) is 0 Å². The zero-order chi connectivity index (χ0) is 19.6. The number of allylic oxidation sites excluding steroid dienone is 2. The smallest absolute Gasteiger partial charge is 0.243 e. The van der Waals surface area contributed by atoms with E-state index in [2.05, 4.69) is 11.4 Å². The Hall–Kier alpha value is -2.12. The van der Waals surface area contributed by atoms with Crippen molar-refractivity contribution in [1.82, 2.24) is 9.62 Å². The molecule has 3 rings (SSSR count). The minimum Gasteiger partial charge on any atom is -0.497 e. The van der Waals surface area contributed by atoms with Crippen LogP contribution in [0.4, 0.5) is 0 Å². The zero-order valence-electron chi connectivity index (χ0n) is 15.9. The van der Waals surface area contributed by atoms with Crippen molar-refractivity contribution >= 4 is 15.9 Å². The van der Waals surface area contributed by atoms with Gasteiger partial charge in [0.05, 0.1) is 18.0 Å². The lowest BCUT2D eigenvalue weighted by atomic mass is 9.97. The third kappa shape index (κ3) is 4.25. The molecule has 0 spiro atoms. The van der Waals surface area contributed by atoms with E-state index < -0.39 is 16.1 Å². The van der Waals surface area contributed by atoms with Crippen molar-refractivity contribution in [3.8, 4) is 5.75 Å². The van der Waals surface area contributed by atoms with Gasteiger partial charge in [-0.2, -0.15) is 4.31 Å². The summed E-state index contributed by atoms with van der Waals surface area (Å²) in [4.78, 5) is 13.0. The van der Waals surface area contributed by atoms with Crippen molar-refractivity contribution < 1.29 is 17.9 Å². The molecule has 1 aromatic rings. The van der Waals surface area contributed by atoms with E-state index in [0.29, 0.717) is 25.1 Å². The molecule has 6 nitrogen and oxygen atoms in total. The summed E-state index contributed by atoms with van der Waals surface area (Å²) in [6, 6.07) is 5.50. The van der Waals surface area contributed by atoms with Crippen molar-refractivity contribution in [2.45, 2.75) is 50.1 Å². The maximum Gasteiger partial charge on any atom is 0.243 e. The zero-order valence-corrected chi connectivity index (χ0v) is 16.8. The molecule has 1 amide bonds. The van der Waals surface area contributed by atoms with Crippen LogP contribution in [0.15, 0.2) is 52.5 Å². The molecule has 0 radical (unpaired) electrons. The lowest BCUT2D eigenvalue weighted by molar-refractivity contribution is -0.124. The topological polar surface area (TPSA) is 75.7 Å². The predicted octanol–water partition coefficient (Wildman–Crippen LogP) is 2.63. The summed E-state index contributed by atoms with van der Waals surface area (Å²) >= 11 is 0. The van der Waals surface area contributed by atoms with Crippen molar-refractivity contribution in [1.29, 1.82) is 0 Å². The third-order valence-corrected chi connectivity index (χ3v) is 6.90. The first kappa shape index (κ1) is 19.6. The van der Waals surface area contributed by atoms with Gasteiger partial charge in [0, 0.05) is 6.54 Å². The van der Waals surface area contributed by atoms with E-state index in [1.54, 1.807) is 12.1 Å². The van der Waals surface area contributed by atoms with Crippen LogP contribution in [0.2, 0.25) is 0 Å². The Morgan fingerprint density at radius 3 is 2.56 bits per heavy atom. The normalized spacial score (nSPS) is 23.5. The number of amides is 1. The Morgan fingerprint density at radius 1 is 1.22 bits per heavy atom. The monoisotopic (exact) mass is 390 g/mol. The number of nitrogens with one attached hydrogen (secondary N) is 1. The molecule has 1 aromatic carbocycles. The molecule has 0 saturated carbocycles. The number of carbonyl (C=O) groups excluding carboxylic acids is 1. The Morgan fingerprint density at radius 2 is 1.93 bits per heavy atom. The van der Waals surface area contributed by atoms with Crippen LogP contribution in [0.25, 0.3) is 0 Å². The molecular formula is C20H26N2O4S. The van der Waals surface area contributed by atoms with Gasteiger partial charge in [-0.15, -0.1) is 0 Å². The second kappa shape index (κ2) is 7.86. The van der Waals surface area contributed by atoms with Gasteiger partial charge in [0.15, 0.2) is 0 Å². The SMILES string of the molecule is COc1ccc(S(=O)(=O)N2CCC[C@H]2C(=O)NC2C=C(C)C=C(C)C2)cc1. The summed E-state index contributed by atoms with van der Waals surface area (Å²) in [5.74, 6) is 0.362. The van der Waals surface area contributed by atoms with Crippen molar-refractivity contribution in [3.63, 3.8) is 0 Å². The summed E-state index contributed by atoms with van der Waals surface area (Å²) in [5, 5.41) is 3.01. The molecule has 27 heavy (non-hydrogen) atoms. The van der Waals surface area contributed by atoms with Crippen LogP contribution in [0.3, 0.4) is 0 Å². The molecule has 1 fully saturated rings. The fourth-order valence-electron chi connectivity index (χ4n) is 3.76. The number of sulfonamides is 1. The maximum atomic E-state index is 13.0. The molecule has 1 heterocycles. The second-order valence-electron chi connectivity index (χ2n) is 7.17. The van der Waals surface area contributed by atoms with Crippen molar-refractivity contribution in [2.75, 3.05) is 13.7 Å². The Kier molecular flexibility index (Phi) is 5.72. The van der Waals surface area contributed by atoms with Gasteiger partial charge in [-0.3, -0.25) is 4.79 Å². The highest BCUT2D eigenvalue weighted by Crippen LogP contribution is 2.28. The van der Waals surface area contributed by atoms with Gasteiger partial charge in [-0.05, 0) is 57.4 Å². The average Bonchev–Trinajstić information content (AvgIpc) is 3.11. The maximum absolute atomic E-state index is 13.0. The fourth-order valence-corrected chi connectivity index (χ4v) is 5.42. The van der Waals surface area contributed by atoms with Crippen molar-refractivity contribution in [3.05, 3.63) is 47.6 Å². The molecule has 146 valence electrons. The summed E-state index contributed by atoms with van der Waals surface area (Å²) in [5.41, 5.74) is 2.31. The molecule has 1 N–H and O–H groups in total. The largest absolute Gasteiger partial charge is 0.497 e. The summed E-state index contributed by atoms with van der Waals surface area (Å²) < 4.78 is 32.5. The van der Waals surface area contributed by atoms with Gasteiger partial charge < -0.3 is 10.1 Å². The van der Waals surface area contributed by atoms with Crippen LogP contribution < -0.4 is 10.1 Å². The molecule has 0 bridgehead atoms. The molecule has 1 aliphatic carbocycles. The number of hydrogen-bond acceptors (Lipinski definition) is 4. The molecular weight excluding hydrogens is 364 g/mol. The standard InChI is InChI=1S/C20H26N2O4S/c1-14-11-15(2)13-16(12-14)21-20(23)19-5-4-10-22(19)27(24,25)18-8-6-17(26-3)7-9-18/h6-9,11-12,16,19H,4-5,10,13H2,1-3H3,(H,21,23)/t16?,19-/m0/s1. The Labute approximate surface area is 160 Å². The van der Waals surface area contributed by atoms with Crippen LogP contribution in [0.1, 0.15) is 33.1 Å². The molecule has 1 aliphatic heterocycles. The first-order valence-corrected chi connectivity index (χ1v) is 10.6. The highest BCUT2D eigenvalue weighted by molar-refractivity contribution is 7.89. The molecule has 1 unspecified atom stereocenters. The van der Waals surface area contributed by atoms with Crippen LogP contribution in [0, 0.1) is 0 Å². The van der Waals surface area contributed by atoms with E-state index in [1.807, 2.05) is 19.9 Å². The molecule has 0 aromatic heterocycles. The van der Waals surface area contributed by atoms with Gasteiger partial charge in [-0.1, -0.05) is 23.3 Å². The van der Waals surface area contributed by atoms with Gasteiger partial charge in [0.1, 0.15) is 11.8 Å². The minimum atomic E-state index is -3.73. The highest BCUT2D eigenvalue weighted by Gasteiger charge is 2.39. The quantitative estimate of drug-likeness (QED) is 0.839. The van der Waals surface area contributed by atoms with Gasteiger partial charge in [0.2, 0.25) is 15.9 Å². The van der Waals surface area contributed by atoms with E-state index in [1.165, 1.54) is 29.1 Å². The number of carbonyl (C=O) groups is 1. The van der Waals surface area contributed by atoms with E-state index in [0.717, 1.165) is 12.0 Å². The van der Waals surface area contributed by atoms with E-state index in [-0.39, 0.29) is 16.8 Å². The van der Waals surface area contributed by atoms with E-state index >= 15 is 0 Å². The lowest BCUT2D eigenvalue weighted by Gasteiger charge is -2.26. The number of rotatable bonds is 5. The first-order valence-electron chi connectivity index (χ1n) is 9.13. The van der Waals surface area contributed by atoms with E-state index in [9.17, 15) is 13.2 Å². The highest BCUT2D eigenvalue weighted by atomic mass is 32.2. The second-order valence-corrected chi connectivity index (χ2v) is 9.06. The van der Waals surface area contributed by atoms with Crippen LogP contribution >= 0.6 is 0 Å². The Bertz CT molecular complexity index is 872. The van der Waals surface area contributed by atoms with Crippen LogP contribution in [-0.4, -0.2) is 44.4 Å². The number of hydrogen-bond donors (Lipinski definition) is 1. The number of ether oxygens (including phenoxy) is 1. The number of benzene rings is 1. The van der Waals surface area contributed by atoms with Crippen LogP contribution in [-0.2, 0) is 14.8 Å². The fraction of sp³-hybridized carbons (Fsp3) is 0.450. The van der Waals surface area contributed by atoms with E-state index in [4.69, 9.17) is 4.74 Å². The Balaban J connectivity index is 1.76. The molecule has 2 atom stereocenters. The van der Waals surface area contributed by atoms with Gasteiger partial charge >= 0.3 is 0 Å². The minimum absolute atomic E-state index is 0.0892. The lowest BCUT2D eigenvalue weighted by Crippen LogP contribution is -2.48. The summed E-state index contributed by atoms with van der Waals surface area (Å²) in [6.45, 7) is 4.38. The third-order valence-electron chi connectivity index (χ3n) is 4.98. The van der Waals surface area contributed by atoms with Crippen LogP contribution in [0.5, 0.6) is 5.75 Å². The first-order chi connectivity index (χ1) is 12.8. The molecule has 7 heteroatoms. The number of nitrogens with zero attached hydrogens (tertiary/aromatic N) is 1. The predicted molar refractivity (Wildman–Crippen MR) is 104 cm³/mol. The summed E-state index contributed by atoms with van der Waals surface area (Å²) in [7, 11) is -2.20. The average molecular weight is 391 g/mol.